The molecule has 0 unspecified atom stereocenters. The number of hydrogen-bond donors (Lipinski definition) is 1. The van der Waals surface area contributed by atoms with Gasteiger partial charge in [-0.3, -0.25) is 10.1 Å². The fourth-order valence-electron chi connectivity index (χ4n) is 1.43. The van der Waals surface area contributed by atoms with Gasteiger partial charge in [-0.2, -0.15) is 13.2 Å². The lowest BCUT2D eigenvalue weighted by Gasteiger charge is -2.27. The van der Waals surface area contributed by atoms with Gasteiger partial charge in [-0.1, -0.05) is 29.8 Å². The van der Waals surface area contributed by atoms with Crippen LogP contribution in [0.3, 0.4) is 0 Å². The molecule has 0 heterocycles. The molecule has 1 aromatic carbocycles. The lowest BCUT2D eigenvalue weighted by atomic mass is 9.92. The summed E-state index contributed by atoms with van der Waals surface area (Å²) in [4.78, 5) is 9.08. The number of benzene rings is 1. The zero-order chi connectivity index (χ0) is 13.3. The van der Waals surface area contributed by atoms with Gasteiger partial charge in [0.05, 0.1) is 0 Å². The Balaban J connectivity index is 3.29. The molecular weight excluding hydrogens is 239 g/mol. The number of aryl methyl sites for hydroxylation is 1. The predicted octanol–water partition coefficient (Wildman–Crippen LogP) is 2.02. The second-order valence-electron chi connectivity index (χ2n) is 3.72. The first-order chi connectivity index (χ1) is 7.67. The molecule has 7 heteroatoms. The zero-order valence-corrected chi connectivity index (χ0v) is 8.86. The highest BCUT2D eigenvalue weighted by Gasteiger charge is 2.58. The maximum atomic E-state index is 12.7. The molecule has 0 aliphatic rings. The fourth-order valence-corrected chi connectivity index (χ4v) is 1.43. The summed E-state index contributed by atoms with van der Waals surface area (Å²) in [5.41, 5.74) is -3.50. The molecule has 0 spiro atoms. The molecule has 94 valence electrons. The van der Waals surface area contributed by atoms with Gasteiger partial charge in [0.2, 0.25) is 6.54 Å². The molecule has 17 heavy (non-hydrogen) atoms. The van der Waals surface area contributed by atoms with Crippen molar-refractivity contribution in [1.82, 2.24) is 0 Å². The van der Waals surface area contributed by atoms with Crippen LogP contribution in [-0.2, 0) is 5.60 Å². The second kappa shape index (κ2) is 4.33. The van der Waals surface area contributed by atoms with Crippen molar-refractivity contribution in [2.75, 3.05) is 6.54 Å². The highest BCUT2D eigenvalue weighted by atomic mass is 19.4. The number of nitro groups is 1. The van der Waals surface area contributed by atoms with E-state index in [9.17, 15) is 28.4 Å². The first-order valence-corrected chi connectivity index (χ1v) is 4.65. The van der Waals surface area contributed by atoms with Gasteiger partial charge in [0.1, 0.15) is 0 Å². The number of nitrogens with zero attached hydrogens (tertiary/aromatic N) is 1. The SMILES string of the molecule is Cc1cccc([C@](O)(C[N+](=O)[O-])C(F)(F)F)c1. The fraction of sp³-hybridized carbons (Fsp3) is 0.400. The third-order valence-corrected chi connectivity index (χ3v) is 2.32. The minimum absolute atomic E-state index is 0.480. The van der Waals surface area contributed by atoms with Crippen molar-refractivity contribution in [3.8, 4) is 0 Å². The Bertz CT molecular complexity index is 433. The first kappa shape index (κ1) is 13.4. The minimum atomic E-state index is -5.10. The van der Waals surface area contributed by atoms with Crippen LogP contribution in [0.4, 0.5) is 13.2 Å². The molecule has 0 aliphatic heterocycles. The summed E-state index contributed by atoms with van der Waals surface area (Å²) in [5.74, 6) is 0. The summed E-state index contributed by atoms with van der Waals surface area (Å²) in [6, 6.07) is 4.94. The quantitative estimate of drug-likeness (QED) is 0.658. The number of halogens is 3. The highest BCUT2D eigenvalue weighted by Crippen LogP contribution is 2.39. The van der Waals surface area contributed by atoms with Crippen LogP contribution in [0.15, 0.2) is 24.3 Å². The molecule has 4 nitrogen and oxygen atoms in total. The van der Waals surface area contributed by atoms with Gasteiger partial charge >= 0.3 is 6.18 Å². The average Bonchev–Trinajstić information content (AvgIpc) is 2.14. The van der Waals surface area contributed by atoms with Crippen LogP contribution in [0.25, 0.3) is 0 Å². The van der Waals surface area contributed by atoms with E-state index in [0.717, 1.165) is 12.1 Å². The third kappa shape index (κ3) is 2.73. The summed E-state index contributed by atoms with van der Waals surface area (Å²) in [6.07, 6.45) is -5.10. The third-order valence-electron chi connectivity index (χ3n) is 2.32. The Morgan fingerprint density at radius 3 is 2.41 bits per heavy atom. The van der Waals surface area contributed by atoms with Crippen molar-refractivity contribution in [3.05, 3.63) is 45.5 Å². The van der Waals surface area contributed by atoms with E-state index in [1.807, 2.05) is 0 Å². The number of alkyl halides is 3. The topological polar surface area (TPSA) is 63.4 Å². The van der Waals surface area contributed by atoms with E-state index in [1.165, 1.54) is 19.1 Å². The highest BCUT2D eigenvalue weighted by molar-refractivity contribution is 5.29. The molecule has 1 atom stereocenters. The molecule has 1 rings (SSSR count). The minimum Gasteiger partial charge on any atom is -0.371 e. The van der Waals surface area contributed by atoms with Gasteiger partial charge in [-0.05, 0) is 12.5 Å². The van der Waals surface area contributed by atoms with E-state index >= 15 is 0 Å². The molecule has 0 saturated carbocycles. The lowest BCUT2D eigenvalue weighted by Crippen LogP contribution is -2.47. The largest absolute Gasteiger partial charge is 0.428 e. The first-order valence-electron chi connectivity index (χ1n) is 4.65. The van der Waals surface area contributed by atoms with Crippen LogP contribution in [-0.4, -0.2) is 22.8 Å². The number of rotatable bonds is 3. The maximum absolute atomic E-state index is 12.7. The maximum Gasteiger partial charge on any atom is 0.428 e. The molecule has 0 saturated heterocycles. The smallest absolute Gasteiger partial charge is 0.371 e. The molecule has 0 radical (unpaired) electrons. The summed E-state index contributed by atoms with van der Waals surface area (Å²) in [5, 5.41) is 19.8. The molecule has 0 bridgehead atoms. The van der Waals surface area contributed by atoms with Crippen molar-refractivity contribution < 1.29 is 23.2 Å². The molecule has 0 aliphatic carbocycles. The summed E-state index contributed by atoms with van der Waals surface area (Å²) < 4.78 is 38.2. The van der Waals surface area contributed by atoms with E-state index in [4.69, 9.17) is 0 Å². The van der Waals surface area contributed by atoms with E-state index in [0.29, 0.717) is 5.56 Å². The second-order valence-corrected chi connectivity index (χ2v) is 3.72. The Labute approximate surface area is 94.8 Å². The van der Waals surface area contributed by atoms with Crippen LogP contribution < -0.4 is 0 Å². The van der Waals surface area contributed by atoms with Gasteiger partial charge in [0, 0.05) is 4.92 Å². The van der Waals surface area contributed by atoms with Crippen molar-refractivity contribution >= 4 is 0 Å². The van der Waals surface area contributed by atoms with Crippen LogP contribution in [0, 0.1) is 17.0 Å². The van der Waals surface area contributed by atoms with E-state index in [-0.39, 0.29) is 0 Å². The Morgan fingerprint density at radius 1 is 1.41 bits per heavy atom. The molecule has 1 N–H and O–H groups in total. The van der Waals surface area contributed by atoms with Gasteiger partial charge in [0.25, 0.3) is 5.60 Å². The van der Waals surface area contributed by atoms with Crippen LogP contribution in [0.5, 0.6) is 0 Å². The molecule has 0 fully saturated rings. The van der Waals surface area contributed by atoms with Crippen molar-refractivity contribution in [2.24, 2.45) is 0 Å². The van der Waals surface area contributed by atoms with Crippen molar-refractivity contribution in [3.63, 3.8) is 0 Å². The van der Waals surface area contributed by atoms with Crippen LogP contribution in [0.1, 0.15) is 11.1 Å². The number of aliphatic hydroxyl groups is 1. The van der Waals surface area contributed by atoms with Crippen LogP contribution in [0.2, 0.25) is 0 Å². The standard InChI is InChI=1S/C10H10F3NO3/c1-7-3-2-4-8(5-7)9(15,6-14(16)17)10(11,12)13/h2-5,15H,6H2,1H3/t9-/m1/s1. The molecule has 0 amide bonds. The van der Waals surface area contributed by atoms with E-state index < -0.39 is 28.8 Å². The average molecular weight is 249 g/mol. The monoisotopic (exact) mass is 249 g/mol. The lowest BCUT2D eigenvalue weighted by molar-refractivity contribution is -0.519. The predicted molar refractivity (Wildman–Crippen MR) is 53.0 cm³/mol. The molecule has 0 aromatic heterocycles. The Hall–Kier alpha value is -1.63. The summed E-state index contributed by atoms with van der Waals surface area (Å²) >= 11 is 0. The van der Waals surface area contributed by atoms with Crippen LogP contribution >= 0.6 is 0 Å². The van der Waals surface area contributed by atoms with E-state index in [1.54, 1.807) is 0 Å². The summed E-state index contributed by atoms with van der Waals surface area (Å²) in [6.45, 7) is -0.0770. The van der Waals surface area contributed by atoms with Gasteiger partial charge in [-0.15, -0.1) is 0 Å². The summed E-state index contributed by atoms with van der Waals surface area (Å²) in [7, 11) is 0. The van der Waals surface area contributed by atoms with Gasteiger partial charge in [-0.25, -0.2) is 0 Å². The zero-order valence-electron chi connectivity index (χ0n) is 8.86. The molecule has 1 aromatic rings. The van der Waals surface area contributed by atoms with Gasteiger partial charge in [0.15, 0.2) is 0 Å². The Morgan fingerprint density at radius 2 is 2.00 bits per heavy atom. The van der Waals surface area contributed by atoms with Crippen molar-refractivity contribution in [2.45, 2.75) is 18.7 Å². The normalized spacial score (nSPS) is 15.4. The van der Waals surface area contributed by atoms with Gasteiger partial charge < -0.3 is 5.11 Å². The molecular formula is C10H10F3NO3. The van der Waals surface area contributed by atoms with Crippen molar-refractivity contribution in [1.29, 1.82) is 0 Å². The van der Waals surface area contributed by atoms with E-state index in [2.05, 4.69) is 0 Å². The Kier molecular flexibility index (Phi) is 3.42. The number of hydrogen-bond acceptors (Lipinski definition) is 3.